The third kappa shape index (κ3) is 12.5. The second-order valence-corrected chi connectivity index (χ2v) is 7.03. The van der Waals surface area contributed by atoms with E-state index in [2.05, 4.69) is 0 Å². The minimum Gasteiger partial charge on any atom is -0.388 e. The van der Waals surface area contributed by atoms with E-state index in [9.17, 15) is 15.3 Å². The van der Waals surface area contributed by atoms with Gasteiger partial charge in [-0.3, -0.25) is 0 Å². The van der Waals surface area contributed by atoms with E-state index in [4.69, 9.17) is 28.4 Å². The summed E-state index contributed by atoms with van der Waals surface area (Å²) in [6, 6.07) is 5.82. The molecule has 0 aliphatic rings. The molecule has 9 nitrogen and oxygen atoms in total. The maximum absolute atomic E-state index is 9.70. The SMILES string of the molecule is COCC(O)COCc1cc(COCC(O)COC)cc(COCC(O)COC)c1. The predicted octanol–water partition coefficient (Wildman–Crippen LogP) is 0.258. The topological polar surface area (TPSA) is 116 Å². The van der Waals surface area contributed by atoms with E-state index >= 15 is 0 Å². The van der Waals surface area contributed by atoms with Crippen molar-refractivity contribution in [1.29, 1.82) is 0 Å². The smallest absolute Gasteiger partial charge is 0.101 e. The molecule has 0 aliphatic carbocycles. The van der Waals surface area contributed by atoms with Gasteiger partial charge in [-0.2, -0.15) is 0 Å². The molecule has 3 atom stereocenters. The lowest BCUT2D eigenvalue weighted by Gasteiger charge is -2.15. The zero-order valence-corrected chi connectivity index (χ0v) is 18.1. The summed E-state index contributed by atoms with van der Waals surface area (Å²) in [5.74, 6) is 0. The molecule has 3 unspecified atom stereocenters. The first-order valence-electron chi connectivity index (χ1n) is 9.84. The Bertz CT molecular complexity index is 467. The van der Waals surface area contributed by atoms with E-state index < -0.39 is 18.3 Å². The summed E-state index contributed by atoms with van der Waals surface area (Å²) in [5, 5.41) is 29.1. The van der Waals surface area contributed by atoms with Crippen LogP contribution < -0.4 is 0 Å². The van der Waals surface area contributed by atoms with Gasteiger partial charge in [0.1, 0.15) is 18.3 Å². The first kappa shape index (κ1) is 26.9. The van der Waals surface area contributed by atoms with Gasteiger partial charge < -0.3 is 43.7 Å². The normalized spacial score (nSPS) is 14.6. The van der Waals surface area contributed by atoms with Gasteiger partial charge in [-0.05, 0) is 16.7 Å². The van der Waals surface area contributed by atoms with Crippen LogP contribution in [0.5, 0.6) is 0 Å². The third-order valence-corrected chi connectivity index (χ3v) is 3.93. The average Bonchev–Trinajstić information content (AvgIpc) is 2.68. The van der Waals surface area contributed by atoms with Gasteiger partial charge in [-0.1, -0.05) is 18.2 Å². The quantitative estimate of drug-likeness (QED) is 0.300. The van der Waals surface area contributed by atoms with E-state index in [0.717, 1.165) is 16.7 Å². The van der Waals surface area contributed by atoms with Crippen molar-refractivity contribution in [2.75, 3.05) is 61.0 Å². The van der Waals surface area contributed by atoms with Crippen LogP contribution in [-0.2, 0) is 48.2 Å². The Kier molecular flexibility index (Phi) is 14.8. The third-order valence-electron chi connectivity index (χ3n) is 3.93. The standard InChI is InChI=1S/C21H36O9/c1-25-10-19(22)13-28-7-16-4-17(8-29-14-20(23)11-26-2)6-18(5-16)9-30-15-21(24)12-27-3/h4-6,19-24H,7-15H2,1-3H3. The second kappa shape index (κ2) is 16.5. The molecule has 3 N–H and O–H groups in total. The Morgan fingerprint density at radius 2 is 0.800 bits per heavy atom. The molecule has 0 spiro atoms. The minimum absolute atomic E-state index is 0.160. The highest BCUT2D eigenvalue weighted by molar-refractivity contribution is 5.29. The van der Waals surface area contributed by atoms with Gasteiger partial charge >= 0.3 is 0 Å². The number of hydrogen-bond donors (Lipinski definition) is 3. The first-order chi connectivity index (χ1) is 14.5. The molecule has 0 aliphatic heterocycles. The summed E-state index contributed by atoms with van der Waals surface area (Å²) in [5.41, 5.74) is 2.69. The largest absolute Gasteiger partial charge is 0.388 e. The molecule has 9 heteroatoms. The fraction of sp³-hybridized carbons (Fsp3) is 0.714. The first-order valence-corrected chi connectivity index (χ1v) is 9.84. The molecule has 0 fully saturated rings. The molecule has 30 heavy (non-hydrogen) atoms. The van der Waals surface area contributed by atoms with Gasteiger partial charge in [0.15, 0.2) is 0 Å². The molecule has 0 saturated heterocycles. The molecule has 1 rings (SSSR count). The summed E-state index contributed by atoms with van der Waals surface area (Å²) < 4.78 is 31.4. The zero-order valence-electron chi connectivity index (χ0n) is 18.1. The van der Waals surface area contributed by atoms with Crippen LogP contribution in [0, 0.1) is 0 Å². The Hall–Kier alpha value is -1.14. The summed E-state index contributed by atoms with van der Waals surface area (Å²) in [6.07, 6.45) is -2.06. The summed E-state index contributed by atoms with van der Waals surface area (Å²) in [4.78, 5) is 0. The van der Waals surface area contributed by atoms with Crippen LogP contribution in [0.3, 0.4) is 0 Å². The number of ether oxygens (including phenoxy) is 6. The second-order valence-electron chi connectivity index (χ2n) is 7.03. The summed E-state index contributed by atoms with van der Waals surface area (Å²) in [6.45, 7) is 2.02. The fourth-order valence-corrected chi connectivity index (χ4v) is 2.75. The average molecular weight is 433 g/mol. The van der Waals surface area contributed by atoms with Crippen molar-refractivity contribution in [2.24, 2.45) is 0 Å². The van der Waals surface area contributed by atoms with Crippen molar-refractivity contribution >= 4 is 0 Å². The molecule has 174 valence electrons. The number of benzene rings is 1. The highest BCUT2D eigenvalue weighted by Gasteiger charge is 2.09. The lowest BCUT2D eigenvalue weighted by molar-refractivity contribution is -0.0138. The summed E-state index contributed by atoms with van der Waals surface area (Å²) in [7, 11) is 4.56. The molecule has 0 radical (unpaired) electrons. The van der Waals surface area contributed by atoms with Crippen molar-refractivity contribution in [1.82, 2.24) is 0 Å². The molecular weight excluding hydrogens is 396 g/mol. The van der Waals surface area contributed by atoms with Crippen molar-refractivity contribution in [3.8, 4) is 0 Å². The Morgan fingerprint density at radius 3 is 1.03 bits per heavy atom. The molecule has 0 amide bonds. The highest BCUT2D eigenvalue weighted by Crippen LogP contribution is 2.15. The van der Waals surface area contributed by atoms with Crippen LogP contribution in [0.15, 0.2) is 18.2 Å². The van der Waals surface area contributed by atoms with Crippen molar-refractivity contribution in [2.45, 2.75) is 38.1 Å². The molecule has 0 saturated carbocycles. The Labute approximate surface area is 178 Å². The highest BCUT2D eigenvalue weighted by atomic mass is 16.5. The molecular formula is C21H36O9. The van der Waals surface area contributed by atoms with Gasteiger partial charge in [-0.15, -0.1) is 0 Å². The van der Waals surface area contributed by atoms with E-state index in [1.165, 1.54) is 21.3 Å². The zero-order chi connectivity index (χ0) is 22.2. The van der Waals surface area contributed by atoms with Crippen LogP contribution in [0.25, 0.3) is 0 Å². The number of methoxy groups -OCH3 is 3. The maximum atomic E-state index is 9.70. The lowest BCUT2D eigenvalue weighted by atomic mass is 10.1. The van der Waals surface area contributed by atoms with Crippen LogP contribution in [-0.4, -0.2) is 94.6 Å². The van der Waals surface area contributed by atoms with E-state index in [0.29, 0.717) is 19.8 Å². The van der Waals surface area contributed by atoms with Crippen LogP contribution in [0.1, 0.15) is 16.7 Å². The lowest BCUT2D eigenvalue weighted by Crippen LogP contribution is -2.21. The van der Waals surface area contributed by atoms with Crippen molar-refractivity contribution in [3.05, 3.63) is 34.9 Å². The van der Waals surface area contributed by atoms with E-state index in [1.54, 1.807) is 0 Å². The Morgan fingerprint density at radius 1 is 0.533 bits per heavy atom. The van der Waals surface area contributed by atoms with E-state index in [1.807, 2.05) is 18.2 Å². The predicted molar refractivity (Wildman–Crippen MR) is 109 cm³/mol. The van der Waals surface area contributed by atoms with E-state index in [-0.39, 0.29) is 39.6 Å². The number of aliphatic hydroxyl groups excluding tert-OH is 3. The molecule has 1 aromatic rings. The number of hydrogen-bond acceptors (Lipinski definition) is 9. The minimum atomic E-state index is -0.686. The molecule has 0 aromatic heterocycles. The maximum Gasteiger partial charge on any atom is 0.101 e. The molecule has 0 bridgehead atoms. The van der Waals surface area contributed by atoms with Gasteiger partial charge in [-0.25, -0.2) is 0 Å². The van der Waals surface area contributed by atoms with Crippen molar-refractivity contribution in [3.63, 3.8) is 0 Å². The van der Waals surface area contributed by atoms with Crippen molar-refractivity contribution < 1.29 is 43.7 Å². The molecule has 0 heterocycles. The number of rotatable bonds is 18. The number of aliphatic hydroxyl groups is 3. The van der Waals surface area contributed by atoms with Crippen LogP contribution in [0.2, 0.25) is 0 Å². The van der Waals surface area contributed by atoms with Gasteiger partial charge in [0.2, 0.25) is 0 Å². The monoisotopic (exact) mass is 432 g/mol. The van der Waals surface area contributed by atoms with Crippen LogP contribution >= 0.6 is 0 Å². The van der Waals surface area contributed by atoms with Gasteiger partial charge in [0.05, 0.1) is 59.5 Å². The Balaban J connectivity index is 2.66. The van der Waals surface area contributed by atoms with Crippen LogP contribution in [0.4, 0.5) is 0 Å². The van der Waals surface area contributed by atoms with Gasteiger partial charge in [0, 0.05) is 21.3 Å². The molecule has 1 aromatic carbocycles. The summed E-state index contributed by atoms with van der Waals surface area (Å²) >= 11 is 0. The fourth-order valence-electron chi connectivity index (χ4n) is 2.75. The van der Waals surface area contributed by atoms with Gasteiger partial charge in [0.25, 0.3) is 0 Å².